The third-order valence-electron chi connectivity index (χ3n) is 2.95. The zero-order valence-corrected chi connectivity index (χ0v) is 13.0. The summed E-state index contributed by atoms with van der Waals surface area (Å²) in [5.41, 5.74) is 1.21. The first-order valence-electron chi connectivity index (χ1n) is 5.56. The highest BCUT2D eigenvalue weighted by Crippen LogP contribution is 2.29. The smallest absolute Gasteiger partial charge is 0.358 e. The molecule has 1 saturated heterocycles. The number of rotatable bonds is 4. The Morgan fingerprint density at radius 3 is 2.89 bits per heavy atom. The van der Waals surface area contributed by atoms with Crippen molar-refractivity contribution >= 4 is 39.1 Å². The molecular weight excluding hydrogens is 308 g/mol. The molecule has 1 atom stereocenters. The molecule has 0 amide bonds. The van der Waals surface area contributed by atoms with Crippen LogP contribution in [0.4, 0.5) is 0 Å². The summed E-state index contributed by atoms with van der Waals surface area (Å²) in [6.07, 6.45) is 0.826. The number of carbonyl (C=O) groups excluding carboxylic acids is 1. The van der Waals surface area contributed by atoms with E-state index in [9.17, 15) is 13.2 Å². The molecule has 9 heteroatoms. The van der Waals surface area contributed by atoms with Crippen LogP contribution in [0.1, 0.15) is 16.9 Å². The van der Waals surface area contributed by atoms with Gasteiger partial charge in [-0.3, -0.25) is 0 Å². The van der Waals surface area contributed by atoms with Gasteiger partial charge in [0.2, 0.25) is 0 Å². The van der Waals surface area contributed by atoms with Crippen molar-refractivity contribution in [3.05, 3.63) is 11.2 Å². The van der Waals surface area contributed by atoms with Gasteiger partial charge in [0, 0.05) is 18.8 Å². The number of nitrogens with zero attached hydrogens (tertiary/aromatic N) is 2. The summed E-state index contributed by atoms with van der Waals surface area (Å²) in [5, 5.41) is 0. The van der Waals surface area contributed by atoms with Crippen LogP contribution in [0.15, 0.2) is 9.72 Å². The maximum atomic E-state index is 12.5. The Morgan fingerprint density at radius 2 is 2.32 bits per heavy atom. The highest BCUT2D eigenvalue weighted by Gasteiger charge is 2.35. The fourth-order valence-electron chi connectivity index (χ4n) is 1.79. The molecule has 1 aliphatic rings. The molecule has 1 aromatic heterocycles. The molecule has 6 nitrogen and oxygen atoms in total. The van der Waals surface area contributed by atoms with Crippen molar-refractivity contribution in [1.82, 2.24) is 9.29 Å². The number of methoxy groups -OCH3 is 1. The van der Waals surface area contributed by atoms with Gasteiger partial charge in [0.25, 0.3) is 10.0 Å². The molecular formula is C10H14N2O4S3. The molecule has 1 aromatic rings. The third kappa shape index (κ3) is 2.78. The van der Waals surface area contributed by atoms with Crippen LogP contribution in [0.2, 0.25) is 0 Å². The number of carbonyl (C=O) groups is 1. The van der Waals surface area contributed by atoms with Crippen molar-refractivity contribution in [2.24, 2.45) is 0 Å². The molecule has 0 bridgehead atoms. The van der Waals surface area contributed by atoms with Crippen molar-refractivity contribution in [3.63, 3.8) is 0 Å². The third-order valence-corrected chi connectivity index (χ3v) is 7.35. The van der Waals surface area contributed by atoms with Gasteiger partial charge in [-0.25, -0.2) is 18.2 Å². The van der Waals surface area contributed by atoms with Crippen LogP contribution in [-0.2, 0) is 14.8 Å². The fraction of sp³-hybridized carbons (Fsp3) is 0.600. The topological polar surface area (TPSA) is 76.6 Å². The second kappa shape index (κ2) is 5.78. The summed E-state index contributed by atoms with van der Waals surface area (Å²) < 4.78 is 30.9. The summed E-state index contributed by atoms with van der Waals surface area (Å²) in [6, 6.07) is -0.0254. The van der Waals surface area contributed by atoms with Crippen molar-refractivity contribution < 1.29 is 17.9 Å². The fourth-order valence-corrected chi connectivity index (χ4v) is 5.83. The van der Waals surface area contributed by atoms with E-state index in [1.54, 1.807) is 18.8 Å². The molecule has 1 unspecified atom stereocenters. The van der Waals surface area contributed by atoms with Gasteiger partial charge < -0.3 is 4.74 Å². The Kier molecular flexibility index (Phi) is 4.49. The number of sulfonamides is 1. The number of thioether (sulfide) groups is 1. The van der Waals surface area contributed by atoms with E-state index in [0.29, 0.717) is 0 Å². The number of aromatic nitrogens is 1. The van der Waals surface area contributed by atoms with Crippen molar-refractivity contribution in [1.29, 1.82) is 0 Å². The van der Waals surface area contributed by atoms with Crippen molar-refractivity contribution in [2.45, 2.75) is 16.7 Å². The van der Waals surface area contributed by atoms with E-state index >= 15 is 0 Å². The lowest BCUT2D eigenvalue weighted by atomic mass is 10.3. The van der Waals surface area contributed by atoms with Gasteiger partial charge in [0.1, 0.15) is 0 Å². The maximum absolute atomic E-state index is 12.5. The average Bonchev–Trinajstić information content (AvgIpc) is 3.07. The zero-order chi connectivity index (χ0) is 14.0. The highest BCUT2D eigenvalue weighted by atomic mass is 32.2. The van der Waals surface area contributed by atoms with Gasteiger partial charge in [-0.2, -0.15) is 16.1 Å². The number of thiazole rings is 1. The molecule has 106 valence electrons. The van der Waals surface area contributed by atoms with Crippen LogP contribution in [0, 0.1) is 0 Å². The van der Waals surface area contributed by atoms with Crippen LogP contribution >= 0.6 is 23.1 Å². The van der Waals surface area contributed by atoms with Crippen LogP contribution in [0.5, 0.6) is 0 Å². The van der Waals surface area contributed by atoms with Crippen molar-refractivity contribution in [2.75, 3.05) is 25.7 Å². The minimum absolute atomic E-state index is 0.0254. The summed E-state index contributed by atoms with van der Waals surface area (Å²) in [7, 11) is -0.938. The first-order chi connectivity index (χ1) is 8.98. The number of esters is 1. The van der Waals surface area contributed by atoms with Gasteiger partial charge in [-0.1, -0.05) is 0 Å². The first kappa shape index (κ1) is 14.8. The average molecular weight is 322 g/mol. The minimum Gasteiger partial charge on any atom is -0.464 e. The number of hydrogen-bond donors (Lipinski definition) is 0. The SMILES string of the molecule is COC(=O)c1ncsc1S(=O)(=O)N(C)C1CCSC1. The van der Waals surface area contributed by atoms with Crippen LogP contribution in [-0.4, -0.2) is 55.4 Å². The van der Waals surface area contributed by atoms with Gasteiger partial charge in [-0.15, -0.1) is 11.3 Å². The standard InChI is InChI=1S/C10H14N2O4S3/c1-12(7-3-4-17-5-7)19(14,15)10-8(9(13)16-2)11-6-18-10/h6-7H,3-5H2,1-2H3. The predicted octanol–water partition coefficient (Wildman–Crippen LogP) is 1.06. The summed E-state index contributed by atoms with van der Waals surface area (Å²) in [6.45, 7) is 0. The summed E-state index contributed by atoms with van der Waals surface area (Å²) >= 11 is 2.67. The molecule has 0 radical (unpaired) electrons. The Labute approximate surface area is 120 Å². The molecule has 0 spiro atoms. The molecule has 0 aromatic carbocycles. The van der Waals surface area contributed by atoms with E-state index in [1.807, 2.05) is 0 Å². The lowest BCUT2D eigenvalue weighted by molar-refractivity contribution is 0.0590. The minimum atomic E-state index is -3.69. The van der Waals surface area contributed by atoms with E-state index in [0.717, 1.165) is 29.3 Å². The van der Waals surface area contributed by atoms with Gasteiger partial charge in [-0.05, 0) is 12.2 Å². The highest BCUT2D eigenvalue weighted by molar-refractivity contribution is 7.99. The van der Waals surface area contributed by atoms with E-state index in [1.165, 1.54) is 16.9 Å². The lowest BCUT2D eigenvalue weighted by Crippen LogP contribution is -2.37. The molecule has 1 fully saturated rings. The molecule has 0 aliphatic carbocycles. The monoisotopic (exact) mass is 322 g/mol. The van der Waals surface area contributed by atoms with E-state index in [2.05, 4.69) is 9.72 Å². The maximum Gasteiger partial charge on any atom is 0.358 e. The summed E-state index contributed by atoms with van der Waals surface area (Å²) in [5.74, 6) is 1.01. The Morgan fingerprint density at radius 1 is 1.58 bits per heavy atom. The molecule has 2 rings (SSSR count). The molecule has 1 aliphatic heterocycles. The number of ether oxygens (including phenoxy) is 1. The van der Waals surface area contributed by atoms with E-state index in [-0.39, 0.29) is 15.9 Å². The molecule has 2 heterocycles. The van der Waals surface area contributed by atoms with Crippen molar-refractivity contribution in [3.8, 4) is 0 Å². The Hall–Kier alpha value is -0.640. The first-order valence-corrected chi connectivity index (χ1v) is 9.03. The summed E-state index contributed by atoms with van der Waals surface area (Å²) in [4.78, 5) is 15.3. The van der Waals surface area contributed by atoms with Gasteiger partial charge in [0.05, 0.1) is 12.6 Å². The Bertz CT molecular complexity index is 563. The van der Waals surface area contributed by atoms with Gasteiger partial charge >= 0.3 is 5.97 Å². The molecule has 0 N–H and O–H groups in total. The Balaban J connectivity index is 2.34. The number of hydrogen-bond acceptors (Lipinski definition) is 7. The molecule has 0 saturated carbocycles. The predicted molar refractivity (Wildman–Crippen MR) is 74.1 cm³/mol. The second-order valence-electron chi connectivity index (χ2n) is 4.02. The molecule has 19 heavy (non-hydrogen) atoms. The second-order valence-corrected chi connectivity index (χ2v) is 8.22. The normalized spacial score (nSPS) is 19.8. The largest absolute Gasteiger partial charge is 0.464 e. The van der Waals surface area contributed by atoms with Crippen LogP contribution in [0.3, 0.4) is 0 Å². The van der Waals surface area contributed by atoms with E-state index < -0.39 is 16.0 Å². The van der Waals surface area contributed by atoms with Gasteiger partial charge in [0.15, 0.2) is 9.90 Å². The van der Waals surface area contributed by atoms with E-state index in [4.69, 9.17) is 0 Å². The quantitative estimate of drug-likeness (QED) is 0.771. The lowest BCUT2D eigenvalue weighted by Gasteiger charge is -2.22. The zero-order valence-electron chi connectivity index (χ0n) is 10.5. The van der Waals surface area contributed by atoms with Crippen LogP contribution < -0.4 is 0 Å². The van der Waals surface area contributed by atoms with Crippen LogP contribution in [0.25, 0.3) is 0 Å².